The molecule has 1 aromatic carbocycles. The van der Waals surface area contributed by atoms with Crippen molar-refractivity contribution in [2.45, 2.75) is 38.6 Å². The van der Waals surface area contributed by atoms with Crippen LogP contribution in [0.5, 0.6) is 0 Å². The molecule has 0 saturated carbocycles. The topological polar surface area (TPSA) is 63.0 Å². The van der Waals surface area contributed by atoms with Gasteiger partial charge in [0.1, 0.15) is 18.1 Å². The van der Waals surface area contributed by atoms with Gasteiger partial charge < -0.3 is 10.4 Å². The van der Waals surface area contributed by atoms with Gasteiger partial charge in [-0.1, -0.05) is 24.0 Å². The van der Waals surface area contributed by atoms with E-state index in [1.807, 2.05) is 42.2 Å². The van der Waals surface area contributed by atoms with Crippen molar-refractivity contribution in [2.75, 3.05) is 17.7 Å². The second kappa shape index (κ2) is 8.95. The summed E-state index contributed by atoms with van der Waals surface area (Å²) in [6.45, 7) is 7.13. The van der Waals surface area contributed by atoms with Gasteiger partial charge >= 0.3 is 0 Å². The van der Waals surface area contributed by atoms with Gasteiger partial charge in [0.2, 0.25) is 0 Å². The second-order valence-electron chi connectivity index (χ2n) is 7.43. The van der Waals surface area contributed by atoms with Crippen LogP contribution in [0.4, 0.5) is 5.82 Å². The van der Waals surface area contributed by atoms with Crippen LogP contribution in [0, 0.1) is 18.8 Å². The number of aliphatic hydroxyl groups excluding tert-OH is 1. The van der Waals surface area contributed by atoms with Crippen molar-refractivity contribution in [2.24, 2.45) is 0 Å². The summed E-state index contributed by atoms with van der Waals surface area (Å²) in [5.41, 5.74) is 6.40. The zero-order valence-electron chi connectivity index (χ0n) is 17.5. The summed E-state index contributed by atoms with van der Waals surface area (Å²) >= 11 is 1.94. The first kappa shape index (κ1) is 20.5. The minimum atomic E-state index is -0.129. The summed E-state index contributed by atoms with van der Waals surface area (Å²) in [5.74, 6) is 7.82. The fourth-order valence-electron chi connectivity index (χ4n) is 3.83. The Kier molecular flexibility index (Phi) is 6.12. The predicted molar refractivity (Wildman–Crippen MR) is 124 cm³/mol. The normalized spacial score (nSPS) is 18.0. The number of aromatic nitrogens is 3. The molecule has 4 rings (SSSR count). The number of aryl methyl sites for hydroxylation is 2. The lowest BCUT2D eigenvalue weighted by atomic mass is 9.96. The van der Waals surface area contributed by atoms with Crippen molar-refractivity contribution < 1.29 is 5.11 Å². The second-order valence-corrected chi connectivity index (χ2v) is 8.57. The molecule has 5 nitrogen and oxygen atoms in total. The number of pyridine rings is 1. The summed E-state index contributed by atoms with van der Waals surface area (Å²) in [5, 5.41) is 17.8. The molecule has 0 radical (unpaired) electrons. The molecule has 3 heterocycles. The molecule has 2 aromatic heterocycles. The number of anilines is 1. The van der Waals surface area contributed by atoms with E-state index in [2.05, 4.69) is 59.7 Å². The van der Waals surface area contributed by atoms with E-state index in [9.17, 15) is 0 Å². The first-order chi connectivity index (χ1) is 14.6. The Morgan fingerprint density at radius 2 is 2.17 bits per heavy atom. The van der Waals surface area contributed by atoms with Crippen molar-refractivity contribution in [3.63, 3.8) is 0 Å². The number of benzene rings is 1. The van der Waals surface area contributed by atoms with E-state index >= 15 is 0 Å². The van der Waals surface area contributed by atoms with Gasteiger partial charge in [-0.2, -0.15) is 5.10 Å². The summed E-state index contributed by atoms with van der Waals surface area (Å²) in [4.78, 5) is 4.60. The van der Waals surface area contributed by atoms with E-state index in [0.29, 0.717) is 6.04 Å². The third-order valence-electron chi connectivity index (χ3n) is 5.22. The van der Waals surface area contributed by atoms with Crippen molar-refractivity contribution in [1.29, 1.82) is 0 Å². The summed E-state index contributed by atoms with van der Waals surface area (Å²) < 4.78 is 2.06. The van der Waals surface area contributed by atoms with Crippen molar-refractivity contribution >= 4 is 17.6 Å². The molecule has 1 aliphatic rings. The summed E-state index contributed by atoms with van der Waals surface area (Å²) in [6.07, 6.45) is 1.82. The summed E-state index contributed by atoms with van der Waals surface area (Å²) in [6, 6.07) is 12.6. The number of nitrogens with one attached hydrogen (secondary N) is 1. The maximum absolute atomic E-state index is 8.99. The fraction of sp³-hybridized carbons (Fsp3) is 0.333. The van der Waals surface area contributed by atoms with Crippen LogP contribution in [0.2, 0.25) is 0 Å². The van der Waals surface area contributed by atoms with Crippen LogP contribution in [-0.4, -0.2) is 38.3 Å². The van der Waals surface area contributed by atoms with Crippen molar-refractivity contribution in [3.05, 3.63) is 64.8 Å². The standard InChI is InChI=1S/C24H26N4OS/c1-4-28-24-21(22(27-28)20-9-5-6-12-25-20)23(30-15-17(3)26-24)19-11-10-18(8-7-13-29)14-16(19)2/h5-6,9-12,14,17,23,26,29H,4,13,15H2,1-3H3/t17-,23+/m1/s1. The van der Waals surface area contributed by atoms with Gasteiger partial charge in [-0.3, -0.25) is 4.98 Å². The third kappa shape index (κ3) is 3.96. The van der Waals surface area contributed by atoms with Crippen LogP contribution in [-0.2, 0) is 6.54 Å². The highest BCUT2D eigenvalue weighted by Gasteiger charge is 2.32. The highest BCUT2D eigenvalue weighted by Crippen LogP contribution is 2.47. The lowest BCUT2D eigenvalue weighted by Crippen LogP contribution is -2.19. The van der Waals surface area contributed by atoms with Gasteiger partial charge in [0.25, 0.3) is 0 Å². The molecule has 1 aliphatic heterocycles. The van der Waals surface area contributed by atoms with E-state index in [0.717, 1.165) is 35.1 Å². The number of rotatable bonds is 3. The first-order valence-corrected chi connectivity index (χ1v) is 11.3. The van der Waals surface area contributed by atoms with Crippen molar-refractivity contribution in [3.8, 4) is 23.2 Å². The van der Waals surface area contributed by atoms with Gasteiger partial charge in [-0.25, -0.2) is 4.68 Å². The van der Waals surface area contributed by atoms with E-state index in [1.54, 1.807) is 0 Å². The van der Waals surface area contributed by atoms with Gasteiger partial charge in [0, 0.05) is 35.7 Å². The minimum Gasteiger partial charge on any atom is -0.384 e. The maximum atomic E-state index is 8.99. The number of hydrogen-bond acceptors (Lipinski definition) is 5. The van der Waals surface area contributed by atoms with E-state index in [4.69, 9.17) is 10.2 Å². The largest absolute Gasteiger partial charge is 0.384 e. The van der Waals surface area contributed by atoms with Gasteiger partial charge in [0.05, 0.1) is 10.9 Å². The zero-order chi connectivity index (χ0) is 21.1. The van der Waals surface area contributed by atoms with E-state index in [1.165, 1.54) is 16.7 Å². The molecule has 0 aliphatic carbocycles. The number of aliphatic hydroxyl groups is 1. The smallest absolute Gasteiger partial charge is 0.129 e. The first-order valence-electron chi connectivity index (χ1n) is 10.2. The van der Waals surface area contributed by atoms with Gasteiger partial charge in [0.15, 0.2) is 0 Å². The molecule has 0 bridgehead atoms. The lowest BCUT2D eigenvalue weighted by Gasteiger charge is -2.19. The van der Waals surface area contributed by atoms with Crippen LogP contribution >= 0.6 is 11.8 Å². The number of nitrogens with zero attached hydrogens (tertiary/aromatic N) is 3. The Hall–Kier alpha value is -2.75. The Morgan fingerprint density at radius 1 is 1.30 bits per heavy atom. The maximum Gasteiger partial charge on any atom is 0.129 e. The molecule has 6 heteroatoms. The third-order valence-corrected chi connectivity index (χ3v) is 6.73. The molecular formula is C24H26N4OS. The molecule has 0 unspecified atom stereocenters. The van der Waals surface area contributed by atoms with Gasteiger partial charge in [-0.05, 0) is 56.2 Å². The molecular weight excluding hydrogens is 392 g/mol. The van der Waals surface area contributed by atoms with E-state index in [-0.39, 0.29) is 11.9 Å². The minimum absolute atomic E-state index is 0.129. The highest BCUT2D eigenvalue weighted by molar-refractivity contribution is 7.99. The Labute approximate surface area is 181 Å². The predicted octanol–water partition coefficient (Wildman–Crippen LogP) is 4.25. The Morgan fingerprint density at radius 3 is 2.87 bits per heavy atom. The quantitative estimate of drug-likeness (QED) is 0.623. The summed E-state index contributed by atoms with van der Waals surface area (Å²) in [7, 11) is 0. The van der Waals surface area contributed by atoms with Crippen LogP contribution < -0.4 is 5.32 Å². The number of fused-ring (bicyclic) bond motifs is 1. The molecule has 2 atom stereocenters. The van der Waals surface area contributed by atoms with E-state index < -0.39 is 0 Å². The molecule has 0 amide bonds. The van der Waals surface area contributed by atoms with Crippen LogP contribution in [0.1, 0.15) is 41.4 Å². The average molecular weight is 419 g/mol. The fourth-order valence-corrected chi connectivity index (χ4v) is 5.23. The number of thioether (sulfide) groups is 1. The Bertz CT molecular complexity index is 1100. The zero-order valence-corrected chi connectivity index (χ0v) is 18.3. The molecule has 30 heavy (non-hydrogen) atoms. The average Bonchev–Trinajstić information content (AvgIpc) is 3.03. The molecule has 0 spiro atoms. The molecule has 0 fully saturated rings. The number of hydrogen-bond donors (Lipinski definition) is 2. The SMILES string of the molecule is CCn1nc(-c2ccccn2)c2c1N[C@H](C)CS[C@H]2c1ccc(C#CCO)cc1C. The lowest BCUT2D eigenvalue weighted by molar-refractivity contribution is 0.350. The Balaban J connectivity index is 1.89. The van der Waals surface area contributed by atoms with Crippen molar-refractivity contribution in [1.82, 2.24) is 14.8 Å². The highest BCUT2D eigenvalue weighted by atomic mass is 32.2. The monoisotopic (exact) mass is 418 g/mol. The van der Waals surface area contributed by atoms with Crippen LogP contribution in [0.3, 0.4) is 0 Å². The molecule has 0 saturated heterocycles. The molecule has 3 aromatic rings. The van der Waals surface area contributed by atoms with Crippen LogP contribution in [0.25, 0.3) is 11.4 Å². The van der Waals surface area contributed by atoms with Gasteiger partial charge in [-0.15, -0.1) is 11.8 Å². The van der Waals surface area contributed by atoms with Crippen LogP contribution in [0.15, 0.2) is 42.6 Å². The molecule has 154 valence electrons. The molecule has 2 N–H and O–H groups in total.